The third-order valence-electron chi connectivity index (χ3n) is 3.35. The first-order valence-electron chi connectivity index (χ1n) is 6.34. The molecule has 1 atom stereocenters. The van der Waals surface area contributed by atoms with Crippen molar-refractivity contribution in [3.05, 3.63) is 24.4 Å². The summed E-state index contributed by atoms with van der Waals surface area (Å²) in [6, 6.07) is 3.93. The van der Waals surface area contributed by atoms with Gasteiger partial charge in [-0.05, 0) is 31.4 Å². The lowest BCUT2D eigenvalue weighted by atomic mass is 10.1. The second kappa shape index (κ2) is 5.76. The van der Waals surface area contributed by atoms with Crippen LogP contribution < -0.4 is 4.31 Å². The second-order valence-electron chi connectivity index (χ2n) is 4.62. The molecule has 0 radical (unpaired) electrons. The lowest BCUT2D eigenvalue weighted by Crippen LogP contribution is -2.52. The van der Waals surface area contributed by atoms with E-state index in [1.807, 2.05) is 0 Å². The van der Waals surface area contributed by atoms with E-state index >= 15 is 0 Å². The van der Waals surface area contributed by atoms with E-state index in [0.29, 0.717) is 12.8 Å². The molecule has 1 aromatic rings. The minimum absolute atomic E-state index is 0.219. The molecule has 1 aliphatic heterocycles. The van der Waals surface area contributed by atoms with E-state index in [2.05, 4.69) is 4.98 Å². The summed E-state index contributed by atoms with van der Waals surface area (Å²) >= 11 is 0. The van der Waals surface area contributed by atoms with Gasteiger partial charge in [0.05, 0.1) is 0 Å². The van der Waals surface area contributed by atoms with Gasteiger partial charge >= 0.3 is 16.2 Å². The summed E-state index contributed by atoms with van der Waals surface area (Å²) < 4.78 is 27.2. The molecular formula is C12H17N3O4S. The molecule has 8 heteroatoms. The number of pyridine rings is 1. The number of carboxylic acids is 1. The monoisotopic (exact) mass is 299 g/mol. The molecule has 110 valence electrons. The number of aliphatic carboxylic acids is 1. The largest absolute Gasteiger partial charge is 0.480 e. The molecule has 0 bridgehead atoms. The van der Waals surface area contributed by atoms with Crippen molar-refractivity contribution in [3.8, 4) is 0 Å². The fourth-order valence-corrected chi connectivity index (χ4v) is 3.78. The summed E-state index contributed by atoms with van der Waals surface area (Å²) in [6.07, 6.45) is 3.21. The lowest BCUT2D eigenvalue weighted by molar-refractivity contribution is -0.142. The van der Waals surface area contributed by atoms with Crippen molar-refractivity contribution in [2.45, 2.75) is 25.3 Å². The van der Waals surface area contributed by atoms with Crippen molar-refractivity contribution < 1.29 is 18.3 Å². The van der Waals surface area contributed by atoms with E-state index in [4.69, 9.17) is 0 Å². The minimum Gasteiger partial charge on any atom is -0.480 e. The molecule has 0 aromatic carbocycles. The van der Waals surface area contributed by atoms with E-state index in [1.165, 1.54) is 13.2 Å². The first kappa shape index (κ1) is 14.7. The smallest absolute Gasteiger partial charge is 0.322 e. The zero-order valence-corrected chi connectivity index (χ0v) is 12.0. The van der Waals surface area contributed by atoms with Crippen LogP contribution in [0.15, 0.2) is 24.4 Å². The average molecular weight is 299 g/mol. The van der Waals surface area contributed by atoms with Gasteiger partial charge in [-0.1, -0.05) is 6.07 Å². The molecule has 2 rings (SSSR count). The highest BCUT2D eigenvalue weighted by atomic mass is 32.2. The molecule has 7 nitrogen and oxygen atoms in total. The van der Waals surface area contributed by atoms with Crippen molar-refractivity contribution in [1.29, 1.82) is 0 Å². The Hall–Kier alpha value is -1.67. The van der Waals surface area contributed by atoms with Gasteiger partial charge in [-0.2, -0.15) is 12.7 Å². The van der Waals surface area contributed by atoms with Gasteiger partial charge in [0.2, 0.25) is 0 Å². The molecule has 0 aliphatic carbocycles. The van der Waals surface area contributed by atoms with Crippen LogP contribution in [-0.2, 0) is 15.0 Å². The molecule has 1 saturated heterocycles. The molecule has 1 N–H and O–H groups in total. The maximum Gasteiger partial charge on any atom is 0.322 e. The zero-order chi connectivity index (χ0) is 14.8. The van der Waals surface area contributed by atoms with Crippen LogP contribution in [0.5, 0.6) is 0 Å². The van der Waals surface area contributed by atoms with E-state index in [1.54, 1.807) is 18.2 Å². The van der Waals surface area contributed by atoms with Crippen LogP contribution >= 0.6 is 0 Å². The fraction of sp³-hybridized carbons (Fsp3) is 0.500. The zero-order valence-electron chi connectivity index (χ0n) is 11.1. The number of rotatable bonds is 4. The highest BCUT2D eigenvalue weighted by Gasteiger charge is 2.39. The molecule has 0 saturated carbocycles. The Morgan fingerprint density at radius 1 is 1.45 bits per heavy atom. The summed E-state index contributed by atoms with van der Waals surface area (Å²) in [5, 5.41) is 9.18. The Balaban J connectivity index is 2.31. The molecule has 1 fully saturated rings. The number of anilines is 1. The first-order valence-corrected chi connectivity index (χ1v) is 7.74. The van der Waals surface area contributed by atoms with Gasteiger partial charge in [0, 0.05) is 19.8 Å². The van der Waals surface area contributed by atoms with Crippen LogP contribution in [0, 0.1) is 0 Å². The Labute approximate surface area is 118 Å². The van der Waals surface area contributed by atoms with E-state index in [0.717, 1.165) is 15.0 Å². The van der Waals surface area contributed by atoms with E-state index in [-0.39, 0.29) is 12.4 Å². The van der Waals surface area contributed by atoms with E-state index < -0.39 is 22.2 Å². The van der Waals surface area contributed by atoms with Gasteiger partial charge < -0.3 is 5.11 Å². The van der Waals surface area contributed by atoms with Crippen LogP contribution in [0.25, 0.3) is 0 Å². The number of hydrogen-bond donors (Lipinski definition) is 1. The highest BCUT2D eigenvalue weighted by Crippen LogP contribution is 2.24. The Morgan fingerprint density at radius 2 is 2.20 bits per heavy atom. The number of carboxylic acid groups (broad SMARTS) is 1. The van der Waals surface area contributed by atoms with Gasteiger partial charge in [0.15, 0.2) is 0 Å². The molecular weight excluding hydrogens is 282 g/mol. The molecule has 0 spiro atoms. The van der Waals surface area contributed by atoms with Crippen LogP contribution in [0.3, 0.4) is 0 Å². The number of piperidine rings is 1. The second-order valence-corrected chi connectivity index (χ2v) is 6.54. The van der Waals surface area contributed by atoms with Crippen LogP contribution in [0.2, 0.25) is 0 Å². The van der Waals surface area contributed by atoms with Crippen LogP contribution in [0.1, 0.15) is 19.3 Å². The first-order chi connectivity index (χ1) is 9.44. The maximum atomic E-state index is 12.5. The number of carbonyl (C=O) groups is 1. The molecule has 1 aliphatic rings. The van der Waals surface area contributed by atoms with Crippen molar-refractivity contribution >= 4 is 22.0 Å². The van der Waals surface area contributed by atoms with Gasteiger partial charge in [-0.3, -0.25) is 4.79 Å². The van der Waals surface area contributed by atoms with Gasteiger partial charge in [0.25, 0.3) is 0 Å². The Bertz CT molecular complexity index is 576. The predicted molar refractivity (Wildman–Crippen MR) is 73.5 cm³/mol. The normalized spacial score (nSPS) is 20.6. The van der Waals surface area contributed by atoms with Crippen molar-refractivity contribution in [2.24, 2.45) is 0 Å². The topological polar surface area (TPSA) is 90.8 Å². The van der Waals surface area contributed by atoms with Gasteiger partial charge in [0.1, 0.15) is 11.9 Å². The van der Waals surface area contributed by atoms with Gasteiger partial charge in [-0.15, -0.1) is 0 Å². The molecule has 2 heterocycles. The molecule has 1 aromatic heterocycles. The summed E-state index contributed by atoms with van der Waals surface area (Å²) in [7, 11) is -2.51. The van der Waals surface area contributed by atoms with Crippen molar-refractivity contribution in [2.75, 3.05) is 17.9 Å². The summed E-state index contributed by atoms with van der Waals surface area (Å²) in [5.41, 5.74) is 0. The minimum atomic E-state index is -3.89. The summed E-state index contributed by atoms with van der Waals surface area (Å²) in [6.45, 7) is 0.219. The van der Waals surface area contributed by atoms with Crippen LogP contribution in [0.4, 0.5) is 5.82 Å². The lowest BCUT2D eigenvalue weighted by Gasteiger charge is -2.34. The fourth-order valence-electron chi connectivity index (χ4n) is 2.24. The highest BCUT2D eigenvalue weighted by molar-refractivity contribution is 7.90. The molecule has 1 unspecified atom stereocenters. The number of hydrogen-bond acceptors (Lipinski definition) is 4. The standard InChI is InChI=1S/C12H17N3O4S/c1-14(11-7-2-4-8-13-11)20(18,19)15-9-5-3-6-10(15)12(16)17/h2,4,7-8,10H,3,5-6,9H2,1H3,(H,16,17). The van der Waals surface area contributed by atoms with Gasteiger partial charge in [-0.25, -0.2) is 9.29 Å². The SMILES string of the molecule is CN(c1ccccn1)S(=O)(=O)N1CCCCC1C(=O)O. The molecule has 0 amide bonds. The molecule has 20 heavy (non-hydrogen) atoms. The average Bonchev–Trinajstić information content (AvgIpc) is 2.47. The van der Waals surface area contributed by atoms with E-state index in [9.17, 15) is 18.3 Å². The quantitative estimate of drug-likeness (QED) is 0.884. The number of aromatic nitrogens is 1. The third-order valence-corrected chi connectivity index (χ3v) is 5.26. The third kappa shape index (κ3) is 2.75. The van der Waals surface area contributed by atoms with Crippen LogP contribution in [-0.4, -0.2) is 48.4 Å². The summed E-state index contributed by atoms with van der Waals surface area (Å²) in [5.74, 6) is -0.843. The maximum absolute atomic E-state index is 12.5. The summed E-state index contributed by atoms with van der Waals surface area (Å²) in [4.78, 5) is 15.2. The van der Waals surface area contributed by atoms with Crippen molar-refractivity contribution in [1.82, 2.24) is 9.29 Å². The van der Waals surface area contributed by atoms with Crippen molar-refractivity contribution in [3.63, 3.8) is 0 Å². The number of nitrogens with zero attached hydrogens (tertiary/aromatic N) is 3. The Morgan fingerprint density at radius 3 is 2.80 bits per heavy atom. The Kier molecular flexibility index (Phi) is 4.24. The predicted octanol–water partition coefficient (Wildman–Crippen LogP) is 0.702.